The lowest BCUT2D eigenvalue weighted by atomic mass is 9.94. The zero-order chi connectivity index (χ0) is 29.9. The lowest BCUT2D eigenvalue weighted by molar-refractivity contribution is -0.138. The Morgan fingerprint density at radius 3 is 2.59 bits per heavy atom. The van der Waals surface area contributed by atoms with E-state index < -0.39 is 36.0 Å². The van der Waals surface area contributed by atoms with Gasteiger partial charge in [0.25, 0.3) is 0 Å². The average molecular weight is 569 g/mol. The van der Waals surface area contributed by atoms with Gasteiger partial charge in [0, 0.05) is 24.4 Å². The van der Waals surface area contributed by atoms with E-state index in [9.17, 15) is 24.3 Å². The maximum absolute atomic E-state index is 14.1. The van der Waals surface area contributed by atoms with Gasteiger partial charge < -0.3 is 21.1 Å². The maximum atomic E-state index is 14.1. The molecule has 4 rings (SSSR count). The van der Waals surface area contributed by atoms with Crippen molar-refractivity contribution < 1.29 is 24.3 Å². The number of hydrogen-bond acceptors (Lipinski definition) is 8. The number of tetrazole rings is 1. The van der Waals surface area contributed by atoms with Crippen LogP contribution in [0.1, 0.15) is 70.8 Å². The number of amides is 3. The number of aromatic amines is 1. The van der Waals surface area contributed by atoms with Crippen molar-refractivity contribution >= 4 is 29.4 Å². The van der Waals surface area contributed by atoms with Gasteiger partial charge in [0.1, 0.15) is 12.1 Å². The second-order valence-corrected chi connectivity index (χ2v) is 12.0. The summed E-state index contributed by atoms with van der Waals surface area (Å²) in [7, 11) is 0. The predicted molar refractivity (Wildman–Crippen MR) is 150 cm³/mol. The van der Waals surface area contributed by atoms with Crippen LogP contribution in [0.15, 0.2) is 18.2 Å². The zero-order valence-electron chi connectivity index (χ0n) is 24.2. The van der Waals surface area contributed by atoms with Crippen LogP contribution in [0.3, 0.4) is 0 Å². The molecule has 0 aliphatic carbocycles. The van der Waals surface area contributed by atoms with Crippen molar-refractivity contribution in [2.75, 3.05) is 4.90 Å². The first-order chi connectivity index (χ1) is 19.4. The molecule has 2 aliphatic rings. The van der Waals surface area contributed by atoms with Gasteiger partial charge in [-0.25, -0.2) is 0 Å². The lowest BCUT2D eigenvalue weighted by Crippen LogP contribution is -2.60. The third-order valence-electron chi connectivity index (χ3n) is 7.70. The van der Waals surface area contributed by atoms with Gasteiger partial charge in [0.2, 0.25) is 17.7 Å². The zero-order valence-corrected chi connectivity index (χ0v) is 24.2. The molecule has 0 fully saturated rings. The molecule has 13 heteroatoms. The molecule has 0 bridgehead atoms. The van der Waals surface area contributed by atoms with Gasteiger partial charge in [0.05, 0.1) is 18.2 Å². The van der Waals surface area contributed by atoms with Crippen LogP contribution in [0.2, 0.25) is 0 Å². The highest BCUT2D eigenvalue weighted by atomic mass is 16.4. The Balaban J connectivity index is 1.58. The first kappa shape index (κ1) is 30.1. The highest BCUT2D eigenvalue weighted by Gasteiger charge is 2.45. The molecular formula is C28H40N8O5. The molecule has 0 spiro atoms. The first-order valence-electron chi connectivity index (χ1n) is 14.1. The smallest absolute Gasteiger partial charge is 0.305 e. The van der Waals surface area contributed by atoms with Crippen LogP contribution in [0.5, 0.6) is 0 Å². The predicted octanol–water partition coefficient (Wildman–Crippen LogP) is 0.893. The number of para-hydroxylation sites is 1. The third-order valence-corrected chi connectivity index (χ3v) is 7.70. The van der Waals surface area contributed by atoms with Gasteiger partial charge in [0.15, 0.2) is 5.82 Å². The number of nitrogens with one attached hydrogen (secondary N) is 4. The van der Waals surface area contributed by atoms with E-state index >= 15 is 0 Å². The molecule has 1 unspecified atom stereocenters. The summed E-state index contributed by atoms with van der Waals surface area (Å²) in [5, 5.41) is 32.2. The van der Waals surface area contributed by atoms with Crippen LogP contribution >= 0.6 is 0 Å². The number of benzene rings is 1. The number of aryl methyl sites for hydroxylation is 1. The van der Waals surface area contributed by atoms with Gasteiger partial charge in [-0.15, -0.1) is 10.2 Å². The van der Waals surface area contributed by atoms with Crippen LogP contribution < -0.4 is 20.9 Å². The number of anilines is 1. The number of carbonyl (C=O) groups excluding carboxylic acids is 3. The van der Waals surface area contributed by atoms with E-state index in [2.05, 4.69) is 36.6 Å². The van der Waals surface area contributed by atoms with E-state index in [0.29, 0.717) is 18.5 Å². The summed E-state index contributed by atoms with van der Waals surface area (Å²) in [4.78, 5) is 54.3. The van der Waals surface area contributed by atoms with E-state index in [0.717, 1.165) is 17.5 Å². The minimum Gasteiger partial charge on any atom is -0.481 e. The number of hydrogen-bond donors (Lipinski definition) is 5. The van der Waals surface area contributed by atoms with Crippen LogP contribution in [0.4, 0.5) is 5.69 Å². The SMILES string of the molecule is CC[C@H](C)[C@H](NC(C)(C)C)C(=O)NC1CCc2cccc3c2N(C1=O)[C@H](C(=O)N[C@@H](CC(=O)O)Cc1nn[nH]n1)C3. The van der Waals surface area contributed by atoms with Crippen molar-refractivity contribution in [2.45, 2.75) is 103 Å². The Bertz CT molecular complexity index is 1270. The fraction of sp³-hybridized carbons (Fsp3) is 0.607. The lowest BCUT2D eigenvalue weighted by Gasteiger charge is -2.33. The molecule has 13 nitrogen and oxygen atoms in total. The Labute approximate surface area is 239 Å². The average Bonchev–Trinajstić information content (AvgIpc) is 3.52. The maximum Gasteiger partial charge on any atom is 0.305 e. The monoisotopic (exact) mass is 568 g/mol. The largest absolute Gasteiger partial charge is 0.481 e. The van der Waals surface area contributed by atoms with Crippen molar-refractivity contribution in [1.29, 1.82) is 0 Å². The molecule has 5 atom stereocenters. The van der Waals surface area contributed by atoms with E-state index in [1.54, 1.807) is 0 Å². The molecule has 2 aromatic rings. The summed E-state index contributed by atoms with van der Waals surface area (Å²) in [6.07, 6.45) is 1.73. The Morgan fingerprint density at radius 2 is 1.95 bits per heavy atom. The Kier molecular flexibility index (Phi) is 9.05. The molecular weight excluding hydrogens is 528 g/mol. The number of carbonyl (C=O) groups is 4. The van der Waals surface area contributed by atoms with Gasteiger partial charge >= 0.3 is 5.97 Å². The molecule has 0 radical (unpaired) electrons. The molecule has 41 heavy (non-hydrogen) atoms. The summed E-state index contributed by atoms with van der Waals surface area (Å²) in [6.45, 7) is 10.0. The van der Waals surface area contributed by atoms with E-state index in [-0.39, 0.29) is 48.4 Å². The molecule has 0 saturated heterocycles. The van der Waals surface area contributed by atoms with Crippen LogP contribution in [0.25, 0.3) is 0 Å². The fourth-order valence-corrected chi connectivity index (χ4v) is 5.58. The highest BCUT2D eigenvalue weighted by molar-refractivity contribution is 6.08. The molecule has 3 heterocycles. The van der Waals surface area contributed by atoms with Crippen LogP contribution in [-0.4, -0.2) is 79.1 Å². The van der Waals surface area contributed by atoms with Gasteiger partial charge in [-0.05, 0) is 50.7 Å². The normalized spacial score (nSPS) is 20.5. The van der Waals surface area contributed by atoms with Crippen molar-refractivity contribution in [3.05, 3.63) is 35.2 Å². The van der Waals surface area contributed by atoms with E-state index in [1.807, 2.05) is 52.8 Å². The second kappa shape index (κ2) is 12.3. The standard InChI is InChI=1S/C28H40N8O5/c1-6-15(2)23(31-28(3,4)5)26(40)30-19-11-10-16-8-7-9-17-12-20(36(24(16)17)27(19)41)25(39)29-18(14-22(37)38)13-21-32-34-35-33-21/h7-9,15,18-20,23,31H,6,10-14H2,1-5H3,(H,29,39)(H,30,40)(H,37,38)(H,32,33,34,35)/t15-,18+,19?,20-,23-/m0/s1. The number of aromatic nitrogens is 4. The minimum atomic E-state index is -1.09. The molecule has 1 aromatic carbocycles. The molecule has 1 aromatic heterocycles. The summed E-state index contributed by atoms with van der Waals surface area (Å²) in [5.41, 5.74) is 2.19. The van der Waals surface area contributed by atoms with Gasteiger partial charge in [-0.1, -0.05) is 43.7 Å². The van der Waals surface area contributed by atoms with Gasteiger partial charge in [-0.2, -0.15) is 5.21 Å². The number of rotatable bonds is 11. The first-order valence-corrected chi connectivity index (χ1v) is 14.1. The molecule has 222 valence electrons. The van der Waals surface area contributed by atoms with Crippen molar-refractivity contribution in [2.24, 2.45) is 5.92 Å². The number of carboxylic acids is 1. The molecule has 2 aliphatic heterocycles. The summed E-state index contributed by atoms with van der Waals surface area (Å²) in [5.74, 6) is -1.87. The third kappa shape index (κ3) is 7.07. The number of nitrogens with zero attached hydrogens (tertiary/aromatic N) is 4. The number of H-pyrrole nitrogens is 1. The summed E-state index contributed by atoms with van der Waals surface area (Å²) in [6, 6.07) is 2.73. The molecule has 3 amide bonds. The summed E-state index contributed by atoms with van der Waals surface area (Å²) >= 11 is 0. The minimum absolute atomic E-state index is 0.0367. The van der Waals surface area contributed by atoms with E-state index in [4.69, 9.17) is 0 Å². The van der Waals surface area contributed by atoms with Crippen molar-refractivity contribution in [3.63, 3.8) is 0 Å². The van der Waals surface area contributed by atoms with E-state index in [1.165, 1.54) is 4.90 Å². The summed E-state index contributed by atoms with van der Waals surface area (Å²) < 4.78 is 0. The topological polar surface area (TPSA) is 182 Å². The molecule has 0 saturated carbocycles. The Hall–Kier alpha value is -3.87. The van der Waals surface area contributed by atoms with Crippen LogP contribution in [-0.2, 0) is 38.4 Å². The fourth-order valence-electron chi connectivity index (χ4n) is 5.58. The van der Waals surface area contributed by atoms with Crippen molar-refractivity contribution in [3.8, 4) is 0 Å². The van der Waals surface area contributed by atoms with Gasteiger partial charge in [-0.3, -0.25) is 24.1 Å². The van der Waals surface area contributed by atoms with Crippen molar-refractivity contribution in [1.82, 2.24) is 36.6 Å². The highest BCUT2D eigenvalue weighted by Crippen LogP contribution is 2.39. The quantitative estimate of drug-likeness (QED) is 0.263. The van der Waals surface area contributed by atoms with Crippen LogP contribution in [0, 0.1) is 5.92 Å². The Morgan fingerprint density at radius 1 is 1.22 bits per heavy atom. The molecule has 5 N–H and O–H groups in total. The number of aliphatic carboxylic acids is 1. The number of carboxylic acid groups (broad SMARTS) is 1. The second-order valence-electron chi connectivity index (χ2n) is 12.0.